The normalized spacial score (nSPS) is 17.8. The van der Waals surface area contributed by atoms with Gasteiger partial charge in [-0.2, -0.15) is 0 Å². The number of carbonyl (C=O) groups excluding carboxylic acids is 2. The molecule has 5 heteroatoms. The quantitative estimate of drug-likeness (QED) is 0.595. The van der Waals surface area contributed by atoms with Crippen molar-refractivity contribution in [1.82, 2.24) is 15.2 Å². The Morgan fingerprint density at radius 1 is 1.03 bits per heavy atom. The van der Waals surface area contributed by atoms with Crippen molar-refractivity contribution >= 4 is 11.8 Å². The molecule has 0 spiro atoms. The van der Waals surface area contributed by atoms with E-state index in [0.29, 0.717) is 32.4 Å². The SMILES string of the molecule is CC(C)NC(=O)[C@]1(Cc2ccccc2-c2ccccc2)CCN(C(=O)Cc2cccnc2)C1. The number of rotatable bonds is 7. The summed E-state index contributed by atoms with van der Waals surface area (Å²) in [4.78, 5) is 32.5. The molecule has 1 fully saturated rings. The van der Waals surface area contributed by atoms with E-state index in [0.717, 1.165) is 22.3 Å². The second-order valence-electron chi connectivity index (χ2n) is 9.21. The summed E-state index contributed by atoms with van der Waals surface area (Å²) in [5.74, 6) is 0.0654. The molecule has 1 N–H and O–H groups in total. The smallest absolute Gasteiger partial charge is 0.228 e. The number of nitrogens with zero attached hydrogens (tertiary/aromatic N) is 2. The van der Waals surface area contributed by atoms with E-state index >= 15 is 0 Å². The zero-order valence-corrected chi connectivity index (χ0v) is 19.3. The molecule has 1 aromatic heterocycles. The zero-order valence-electron chi connectivity index (χ0n) is 19.3. The fourth-order valence-corrected chi connectivity index (χ4v) is 4.64. The van der Waals surface area contributed by atoms with Crippen molar-refractivity contribution in [2.75, 3.05) is 13.1 Å². The van der Waals surface area contributed by atoms with Crippen molar-refractivity contribution in [2.24, 2.45) is 5.41 Å². The van der Waals surface area contributed by atoms with Gasteiger partial charge in [-0.05, 0) is 55.0 Å². The Balaban J connectivity index is 1.61. The monoisotopic (exact) mass is 441 g/mol. The van der Waals surface area contributed by atoms with Crippen molar-refractivity contribution in [2.45, 2.75) is 39.2 Å². The van der Waals surface area contributed by atoms with Gasteiger partial charge in [0.2, 0.25) is 11.8 Å². The summed E-state index contributed by atoms with van der Waals surface area (Å²) >= 11 is 0. The molecule has 3 aromatic rings. The minimum atomic E-state index is -0.653. The van der Waals surface area contributed by atoms with Crippen molar-refractivity contribution in [3.8, 4) is 11.1 Å². The van der Waals surface area contributed by atoms with Crippen LogP contribution in [0.4, 0.5) is 0 Å². The summed E-state index contributed by atoms with van der Waals surface area (Å²) in [5, 5.41) is 3.13. The Kier molecular flexibility index (Phi) is 6.87. The Hall–Kier alpha value is -3.47. The van der Waals surface area contributed by atoms with Gasteiger partial charge in [0.1, 0.15) is 0 Å². The predicted octanol–water partition coefficient (Wildman–Crippen LogP) is 4.28. The lowest BCUT2D eigenvalue weighted by Gasteiger charge is -2.30. The van der Waals surface area contributed by atoms with Crippen LogP contribution >= 0.6 is 0 Å². The van der Waals surface area contributed by atoms with E-state index in [-0.39, 0.29) is 17.9 Å². The molecule has 1 aliphatic heterocycles. The van der Waals surface area contributed by atoms with Crippen LogP contribution in [0.15, 0.2) is 79.1 Å². The predicted molar refractivity (Wildman–Crippen MR) is 130 cm³/mol. The van der Waals surface area contributed by atoms with Gasteiger partial charge in [0, 0.05) is 31.5 Å². The van der Waals surface area contributed by atoms with Crippen LogP contribution < -0.4 is 5.32 Å². The number of pyridine rings is 1. The number of hydrogen-bond acceptors (Lipinski definition) is 3. The van der Waals surface area contributed by atoms with E-state index in [1.54, 1.807) is 12.4 Å². The maximum atomic E-state index is 13.5. The first-order valence-corrected chi connectivity index (χ1v) is 11.6. The van der Waals surface area contributed by atoms with Crippen LogP contribution in [0.2, 0.25) is 0 Å². The molecule has 2 amide bonds. The Morgan fingerprint density at radius 3 is 2.52 bits per heavy atom. The highest BCUT2D eigenvalue weighted by molar-refractivity contribution is 5.87. The van der Waals surface area contributed by atoms with Crippen molar-refractivity contribution in [1.29, 1.82) is 0 Å². The summed E-state index contributed by atoms with van der Waals surface area (Å²) in [6.45, 7) is 4.96. The first-order valence-electron chi connectivity index (χ1n) is 11.6. The topological polar surface area (TPSA) is 62.3 Å². The average Bonchev–Trinajstić information content (AvgIpc) is 3.26. The fraction of sp³-hybridized carbons (Fsp3) is 0.321. The second-order valence-corrected chi connectivity index (χ2v) is 9.21. The van der Waals surface area contributed by atoms with Crippen LogP contribution in [0.1, 0.15) is 31.4 Å². The van der Waals surface area contributed by atoms with Gasteiger partial charge in [-0.15, -0.1) is 0 Å². The largest absolute Gasteiger partial charge is 0.353 e. The van der Waals surface area contributed by atoms with Crippen molar-refractivity contribution in [3.05, 3.63) is 90.3 Å². The third kappa shape index (κ3) is 5.30. The van der Waals surface area contributed by atoms with Crippen molar-refractivity contribution < 1.29 is 9.59 Å². The maximum Gasteiger partial charge on any atom is 0.228 e. The van der Waals surface area contributed by atoms with Crippen molar-refractivity contribution in [3.63, 3.8) is 0 Å². The van der Waals surface area contributed by atoms with E-state index in [9.17, 15) is 9.59 Å². The molecule has 0 saturated carbocycles. The molecule has 33 heavy (non-hydrogen) atoms. The van der Waals surface area contributed by atoms with E-state index in [2.05, 4.69) is 34.6 Å². The molecular weight excluding hydrogens is 410 g/mol. The lowest BCUT2D eigenvalue weighted by atomic mass is 9.78. The van der Waals surface area contributed by atoms with E-state index < -0.39 is 5.41 Å². The lowest BCUT2D eigenvalue weighted by molar-refractivity contribution is -0.133. The molecule has 0 unspecified atom stereocenters. The van der Waals surface area contributed by atoms with Crippen LogP contribution in [-0.4, -0.2) is 40.8 Å². The molecule has 1 aliphatic rings. The lowest BCUT2D eigenvalue weighted by Crippen LogP contribution is -2.47. The summed E-state index contributed by atoms with van der Waals surface area (Å²) in [5.41, 5.74) is 3.63. The molecule has 1 saturated heterocycles. The minimum Gasteiger partial charge on any atom is -0.353 e. The maximum absolute atomic E-state index is 13.5. The average molecular weight is 442 g/mol. The molecule has 0 bridgehead atoms. The summed E-state index contributed by atoms with van der Waals surface area (Å²) in [6.07, 6.45) is 4.97. The van der Waals surface area contributed by atoms with Crippen LogP contribution in [0.25, 0.3) is 11.1 Å². The van der Waals surface area contributed by atoms with E-state index in [4.69, 9.17) is 0 Å². The molecule has 170 valence electrons. The van der Waals surface area contributed by atoms with Crippen LogP contribution in [-0.2, 0) is 22.4 Å². The minimum absolute atomic E-state index is 0.0250. The third-order valence-electron chi connectivity index (χ3n) is 6.32. The van der Waals surface area contributed by atoms with Gasteiger partial charge in [0.15, 0.2) is 0 Å². The number of carbonyl (C=O) groups is 2. The summed E-state index contributed by atoms with van der Waals surface area (Å²) in [7, 11) is 0. The molecule has 5 nitrogen and oxygen atoms in total. The molecular formula is C28H31N3O2. The highest BCUT2D eigenvalue weighted by atomic mass is 16.2. The van der Waals surface area contributed by atoms with Gasteiger partial charge in [-0.25, -0.2) is 0 Å². The van der Waals surface area contributed by atoms with Gasteiger partial charge in [-0.1, -0.05) is 60.7 Å². The number of benzene rings is 2. The molecule has 2 aromatic carbocycles. The Labute approximate surface area is 195 Å². The molecule has 4 rings (SSSR count). The standard InChI is InChI=1S/C28H31N3O2/c1-21(2)30-27(33)28(14-16-31(20-28)26(32)17-22-9-8-15-29-19-22)18-24-12-6-7-13-25(24)23-10-4-3-5-11-23/h3-13,15,19,21H,14,16-18,20H2,1-2H3,(H,30,33)/t28-/m0/s1. The van der Waals surface area contributed by atoms with Crippen LogP contribution in [0.3, 0.4) is 0 Å². The fourth-order valence-electron chi connectivity index (χ4n) is 4.64. The number of hydrogen-bond donors (Lipinski definition) is 1. The van der Waals surface area contributed by atoms with Gasteiger partial charge in [0.05, 0.1) is 11.8 Å². The Morgan fingerprint density at radius 2 is 1.79 bits per heavy atom. The first kappa shape index (κ1) is 22.7. The number of likely N-dealkylation sites (tertiary alicyclic amines) is 1. The highest BCUT2D eigenvalue weighted by Gasteiger charge is 2.46. The third-order valence-corrected chi connectivity index (χ3v) is 6.32. The molecule has 0 aliphatic carbocycles. The molecule has 1 atom stereocenters. The number of aromatic nitrogens is 1. The number of amides is 2. The van der Waals surface area contributed by atoms with Crippen LogP contribution in [0, 0.1) is 5.41 Å². The second kappa shape index (κ2) is 9.99. The highest BCUT2D eigenvalue weighted by Crippen LogP contribution is 2.38. The Bertz CT molecular complexity index is 1100. The van der Waals surface area contributed by atoms with Gasteiger partial charge in [0.25, 0.3) is 0 Å². The van der Waals surface area contributed by atoms with Gasteiger partial charge >= 0.3 is 0 Å². The first-order chi connectivity index (χ1) is 16.0. The molecule has 2 heterocycles. The van der Waals surface area contributed by atoms with Crippen LogP contribution in [0.5, 0.6) is 0 Å². The summed E-state index contributed by atoms with van der Waals surface area (Å²) < 4.78 is 0. The number of nitrogens with one attached hydrogen (secondary N) is 1. The molecule has 0 radical (unpaired) electrons. The van der Waals surface area contributed by atoms with Gasteiger partial charge < -0.3 is 10.2 Å². The van der Waals surface area contributed by atoms with E-state index in [1.807, 2.05) is 61.2 Å². The van der Waals surface area contributed by atoms with Gasteiger partial charge in [-0.3, -0.25) is 14.6 Å². The zero-order chi connectivity index (χ0) is 23.3. The van der Waals surface area contributed by atoms with E-state index in [1.165, 1.54) is 0 Å². The summed E-state index contributed by atoms with van der Waals surface area (Å²) in [6, 6.07) is 22.3.